The van der Waals surface area contributed by atoms with E-state index in [-0.39, 0.29) is 5.82 Å². The number of hydrogen-bond acceptors (Lipinski definition) is 1. The van der Waals surface area contributed by atoms with Gasteiger partial charge in [0.2, 0.25) is 0 Å². The highest BCUT2D eigenvalue weighted by Crippen LogP contribution is 2.16. The molecule has 0 aromatic heterocycles. The Morgan fingerprint density at radius 2 is 2.00 bits per heavy atom. The molecule has 3 heteroatoms. The van der Waals surface area contributed by atoms with Gasteiger partial charge in [-0.25, -0.2) is 4.39 Å². The van der Waals surface area contributed by atoms with Gasteiger partial charge in [-0.05, 0) is 56.6 Å². The van der Waals surface area contributed by atoms with Crippen LogP contribution in [-0.2, 0) is 10.8 Å². The zero-order chi connectivity index (χ0) is 12.7. The smallest absolute Gasteiger partial charge is 0.186 e. The second kappa shape index (κ2) is 6.92. The fourth-order valence-electron chi connectivity index (χ4n) is 2.04. The summed E-state index contributed by atoms with van der Waals surface area (Å²) in [6.45, 7) is 7.40. The summed E-state index contributed by atoms with van der Waals surface area (Å²) >= 11 is 0. The summed E-state index contributed by atoms with van der Waals surface area (Å²) in [7, 11) is -1.43. The van der Waals surface area contributed by atoms with Gasteiger partial charge in [0.15, 0.2) is 8.32 Å². The minimum Gasteiger partial charge on any atom is -0.418 e. The van der Waals surface area contributed by atoms with E-state index in [1.807, 2.05) is 6.07 Å². The van der Waals surface area contributed by atoms with E-state index in [0.717, 1.165) is 25.0 Å². The number of aryl methyl sites for hydroxylation is 1. The molecule has 0 fully saturated rings. The van der Waals surface area contributed by atoms with Crippen molar-refractivity contribution < 1.29 is 8.82 Å². The monoisotopic (exact) mass is 254 g/mol. The van der Waals surface area contributed by atoms with Gasteiger partial charge in [-0.15, -0.1) is 0 Å². The molecule has 0 aliphatic heterocycles. The molecule has 0 saturated heterocycles. The van der Waals surface area contributed by atoms with Crippen LogP contribution in [0.5, 0.6) is 0 Å². The van der Waals surface area contributed by atoms with Crippen LogP contribution in [0.1, 0.15) is 25.3 Å². The van der Waals surface area contributed by atoms with E-state index < -0.39 is 8.32 Å². The fourth-order valence-corrected chi connectivity index (χ4v) is 4.06. The Balaban J connectivity index is 2.24. The van der Waals surface area contributed by atoms with Crippen LogP contribution in [0, 0.1) is 5.82 Å². The second-order valence-corrected chi connectivity index (χ2v) is 9.34. The van der Waals surface area contributed by atoms with Crippen molar-refractivity contribution >= 4 is 8.32 Å². The first kappa shape index (κ1) is 14.4. The minimum atomic E-state index is -1.43. The molecule has 0 aliphatic carbocycles. The van der Waals surface area contributed by atoms with Crippen molar-refractivity contribution in [2.45, 2.75) is 45.3 Å². The molecule has 0 N–H and O–H groups in total. The third-order valence-electron chi connectivity index (χ3n) is 2.92. The lowest BCUT2D eigenvalue weighted by atomic mass is 10.1. The average molecular weight is 254 g/mol. The van der Waals surface area contributed by atoms with E-state index in [1.165, 1.54) is 18.5 Å². The third-order valence-corrected chi connectivity index (χ3v) is 5.55. The molecular weight excluding hydrogens is 231 g/mol. The Morgan fingerprint density at radius 3 is 2.65 bits per heavy atom. The van der Waals surface area contributed by atoms with Gasteiger partial charge < -0.3 is 4.43 Å². The number of rotatable bonds is 7. The molecule has 1 aromatic carbocycles. The van der Waals surface area contributed by atoms with Gasteiger partial charge in [0.25, 0.3) is 0 Å². The van der Waals surface area contributed by atoms with Crippen molar-refractivity contribution in [2.24, 2.45) is 0 Å². The van der Waals surface area contributed by atoms with Crippen LogP contribution in [0.25, 0.3) is 0 Å². The lowest BCUT2D eigenvalue weighted by Gasteiger charge is -2.21. The first-order valence-corrected chi connectivity index (χ1v) is 9.53. The van der Waals surface area contributed by atoms with Gasteiger partial charge in [-0.1, -0.05) is 18.6 Å². The van der Waals surface area contributed by atoms with Gasteiger partial charge in [-0.2, -0.15) is 0 Å². The molecule has 0 aliphatic rings. The van der Waals surface area contributed by atoms with E-state index in [0.29, 0.717) is 0 Å². The summed E-state index contributed by atoms with van der Waals surface area (Å²) in [6.07, 6.45) is 3.26. The Hall–Kier alpha value is -0.673. The molecule has 0 spiro atoms. The Labute approximate surface area is 105 Å². The van der Waals surface area contributed by atoms with Gasteiger partial charge in [-0.3, -0.25) is 0 Å². The number of hydrogen-bond donors (Lipinski definition) is 0. The Kier molecular flexibility index (Phi) is 5.85. The van der Waals surface area contributed by atoms with Crippen molar-refractivity contribution in [3.05, 3.63) is 35.6 Å². The van der Waals surface area contributed by atoms with Crippen LogP contribution in [0.2, 0.25) is 19.1 Å². The van der Waals surface area contributed by atoms with E-state index in [2.05, 4.69) is 20.0 Å². The minimum absolute atomic E-state index is 0.133. The molecule has 1 nitrogen and oxygen atoms in total. The summed E-state index contributed by atoms with van der Waals surface area (Å²) in [6, 6.07) is 8.09. The fraction of sp³-hybridized carbons (Fsp3) is 0.571. The van der Waals surface area contributed by atoms with Gasteiger partial charge in [0.05, 0.1) is 0 Å². The molecule has 0 bridgehead atoms. The second-order valence-electron chi connectivity index (χ2n) is 5.03. The zero-order valence-corrected chi connectivity index (χ0v) is 12.1. The lowest BCUT2D eigenvalue weighted by molar-refractivity contribution is 0.327. The molecule has 0 radical (unpaired) electrons. The molecule has 17 heavy (non-hydrogen) atoms. The van der Waals surface area contributed by atoms with Crippen LogP contribution >= 0.6 is 0 Å². The third kappa shape index (κ3) is 5.98. The summed E-state index contributed by atoms with van der Waals surface area (Å²) in [4.78, 5) is 0. The number of benzene rings is 1. The van der Waals surface area contributed by atoms with E-state index >= 15 is 0 Å². The summed E-state index contributed by atoms with van der Waals surface area (Å²) in [5, 5.41) is 0. The zero-order valence-electron chi connectivity index (χ0n) is 11.1. The highest BCUT2D eigenvalue weighted by Gasteiger charge is 2.20. The van der Waals surface area contributed by atoms with Gasteiger partial charge >= 0.3 is 0 Å². The maximum absolute atomic E-state index is 13.0. The topological polar surface area (TPSA) is 9.23 Å². The highest BCUT2D eigenvalue weighted by atomic mass is 28.4. The van der Waals surface area contributed by atoms with Crippen molar-refractivity contribution in [3.63, 3.8) is 0 Å². The summed E-state index contributed by atoms with van der Waals surface area (Å²) in [5.41, 5.74) is 1.10. The van der Waals surface area contributed by atoms with Crippen LogP contribution in [0.3, 0.4) is 0 Å². The van der Waals surface area contributed by atoms with Crippen molar-refractivity contribution in [3.8, 4) is 0 Å². The van der Waals surface area contributed by atoms with Crippen molar-refractivity contribution in [2.75, 3.05) is 6.61 Å². The summed E-state index contributed by atoms with van der Waals surface area (Å²) in [5.74, 6) is -0.133. The van der Waals surface area contributed by atoms with Crippen molar-refractivity contribution in [1.82, 2.24) is 0 Å². The molecule has 0 atom stereocenters. The largest absolute Gasteiger partial charge is 0.418 e. The first-order chi connectivity index (χ1) is 8.03. The van der Waals surface area contributed by atoms with Gasteiger partial charge in [0.1, 0.15) is 5.82 Å². The first-order valence-electron chi connectivity index (χ1n) is 6.42. The molecule has 0 unspecified atom stereocenters. The predicted octanol–water partition coefficient (Wildman–Crippen LogP) is 4.39. The molecular formula is C14H23FOSi. The molecule has 0 amide bonds. The van der Waals surface area contributed by atoms with Crippen molar-refractivity contribution in [1.29, 1.82) is 0 Å². The Bertz CT molecular complexity index is 339. The highest BCUT2D eigenvalue weighted by molar-refractivity contribution is 6.71. The maximum atomic E-state index is 13.0. The standard InChI is InChI=1S/C14H23FOSi/c1-4-16-17(2,3)11-6-5-8-13-9-7-10-14(15)12-13/h7,9-10,12H,4-6,8,11H2,1-3H3. The molecule has 0 saturated carbocycles. The Morgan fingerprint density at radius 1 is 1.24 bits per heavy atom. The van der Waals surface area contributed by atoms with E-state index in [4.69, 9.17) is 4.43 Å². The SMILES string of the molecule is CCO[Si](C)(C)CCCCc1cccc(F)c1. The summed E-state index contributed by atoms with van der Waals surface area (Å²) < 4.78 is 18.7. The van der Waals surface area contributed by atoms with E-state index in [9.17, 15) is 4.39 Å². The number of halogens is 1. The van der Waals surface area contributed by atoms with Crippen LogP contribution < -0.4 is 0 Å². The normalized spacial score (nSPS) is 11.8. The van der Waals surface area contributed by atoms with E-state index in [1.54, 1.807) is 12.1 Å². The molecule has 1 rings (SSSR count). The number of unbranched alkanes of at least 4 members (excludes halogenated alkanes) is 1. The molecule has 96 valence electrons. The predicted molar refractivity (Wildman–Crippen MR) is 73.3 cm³/mol. The van der Waals surface area contributed by atoms with Gasteiger partial charge in [0, 0.05) is 6.61 Å². The molecule has 1 aromatic rings. The average Bonchev–Trinajstić information content (AvgIpc) is 2.24. The lowest BCUT2D eigenvalue weighted by Crippen LogP contribution is -2.29. The van der Waals surface area contributed by atoms with Crippen LogP contribution in [0.15, 0.2) is 24.3 Å². The van der Waals surface area contributed by atoms with Crippen LogP contribution in [0.4, 0.5) is 4.39 Å². The quantitative estimate of drug-likeness (QED) is 0.518. The van der Waals surface area contributed by atoms with Crippen LogP contribution in [-0.4, -0.2) is 14.9 Å². The maximum Gasteiger partial charge on any atom is 0.186 e. The molecule has 0 heterocycles.